The maximum absolute atomic E-state index is 13.5. The molecule has 1 N–H and O–H groups in total. The number of hydrogen-bond acceptors (Lipinski definition) is 6. The van der Waals surface area contributed by atoms with Gasteiger partial charge in [0.1, 0.15) is 11.6 Å². The molecule has 158 valence electrons. The van der Waals surface area contributed by atoms with Gasteiger partial charge in [0.05, 0.1) is 0 Å². The van der Waals surface area contributed by atoms with Crippen LogP contribution in [0.3, 0.4) is 0 Å². The van der Waals surface area contributed by atoms with Gasteiger partial charge in [-0.2, -0.15) is 30.4 Å². The summed E-state index contributed by atoms with van der Waals surface area (Å²) in [7, 11) is -6.54. The minimum Gasteiger partial charge on any atom is -0.444 e. The molecule has 1 amide bonds. The van der Waals surface area contributed by atoms with Crippen LogP contribution in [-0.4, -0.2) is 65.7 Å². The molecule has 0 aromatic heterocycles. The van der Waals surface area contributed by atoms with E-state index in [1.54, 1.807) is 0 Å². The fourth-order valence-electron chi connectivity index (χ4n) is 2.21. The van der Waals surface area contributed by atoms with Gasteiger partial charge >= 0.3 is 33.6 Å². The van der Waals surface area contributed by atoms with Crippen molar-refractivity contribution in [1.82, 2.24) is 4.90 Å². The average Bonchev–Trinajstić information content (AvgIpc) is 2.89. The highest BCUT2D eigenvalue weighted by Gasteiger charge is 2.66. The molecule has 8 nitrogen and oxygen atoms in total. The summed E-state index contributed by atoms with van der Waals surface area (Å²) in [5, 5.41) is -5.84. The molecule has 1 rings (SSSR count). The highest BCUT2D eigenvalue weighted by molar-refractivity contribution is 7.86. The van der Waals surface area contributed by atoms with Crippen molar-refractivity contribution in [3.05, 3.63) is 0 Å². The van der Waals surface area contributed by atoms with E-state index in [0.29, 0.717) is 4.90 Å². The van der Waals surface area contributed by atoms with Gasteiger partial charge in [-0.1, -0.05) is 0 Å². The van der Waals surface area contributed by atoms with Crippen molar-refractivity contribution in [2.75, 3.05) is 6.54 Å². The molecule has 27 heavy (non-hydrogen) atoms. The lowest BCUT2D eigenvalue weighted by Gasteiger charge is -2.30. The van der Waals surface area contributed by atoms with Gasteiger partial charge in [-0.05, 0) is 33.6 Å². The lowest BCUT2D eigenvalue weighted by Crippen LogP contribution is -2.54. The number of esters is 1. The molecular weight excluding hydrogens is 409 g/mol. The topological polar surface area (TPSA) is 110 Å². The van der Waals surface area contributed by atoms with Crippen molar-refractivity contribution >= 4 is 22.2 Å². The van der Waals surface area contributed by atoms with E-state index in [2.05, 4.69) is 4.74 Å². The lowest BCUT2D eigenvalue weighted by atomic mass is 10.2. The third kappa shape index (κ3) is 5.64. The van der Waals surface area contributed by atoms with Crippen LogP contribution in [-0.2, 0) is 24.4 Å². The molecule has 1 aliphatic rings. The number of amides is 1. The van der Waals surface area contributed by atoms with Gasteiger partial charge in [-0.15, -0.1) is 0 Å². The number of carbonyl (C=O) groups is 2. The molecule has 14 heteroatoms. The molecule has 0 spiro atoms. The molecule has 0 radical (unpaired) electrons. The van der Waals surface area contributed by atoms with E-state index < -0.39 is 51.4 Å². The average molecular weight is 427 g/mol. The Hall–Kier alpha value is -1.70. The fraction of sp³-hybridized carbons (Fsp3) is 0.846. The molecule has 0 aromatic rings. The summed E-state index contributed by atoms with van der Waals surface area (Å²) in [6.45, 7) is 4.35. The Morgan fingerprint density at radius 3 is 2.07 bits per heavy atom. The van der Waals surface area contributed by atoms with Crippen LogP contribution in [0.4, 0.5) is 26.7 Å². The molecule has 0 bridgehead atoms. The summed E-state index contributed by atoms with van der Waals surface area (Å²) in [6, 6.07) is -1.68. The summed E-state index contributed by atoms with van der Waals surface area (Å²) in [5.74, 6) is -1.90. The van der Waals surface area contributed by atoms with Gasteiger partial charge in [0.15, 0.2) is 0 Å². The minimum absolute atomic E-state index is 0.111. The standard InChI is InChI=1S/C13H18F5NO7S/c1-11(2,3)26-10(21)19-6-4-5-7(19)8(20)25-9(12(14,15)16)13(17,18)27(22,23)24/h7,9H,4-6H2,1-3H3,(H,22,23,24). The second kappa shape index (κ2) is 7.37. The molecule has 2 atom stereocenters. The number of likely N-dealkylation sites (tertiary alicyclic amines) is 1. The van der Waals surface area contributed by atoms with Gasteiger partial charge < -0.3 is 9.47 Å². The van der Waals surface area contributed by atoms with E-state index in [1.807, 2.05) is 0 Å². The zero-order valence-corrected chi connectivity index (χ0v) is 15.2. The zero-order chi connectivity index (χ0) is 21.4. The largest absolute Gasteiger partial charge is 0.444 e. The molecular formula is C13H18F5NO7S. The highest BCUT2D eigenvalue weighted by Crippen LogP contribution is 2.38. The highest BCUT2D eigenvalue weighted by atomic mass is 32.2. The molecule has 1 heterocycles. The summed E-state index contributed by atoms with van der Waals surface area (Å²) < 4.78 is 104. The molecule has 1 saturated heterocycles. The first-order valence-corrected chi connectivity index (χ1v) is 8.93. The number of hydrogen-bond donors (Lipinski definition) is 1. The quantitative estimate of drug-likeness (QED) is 0.417. The molecule has 0 aromatic carbocycles. The first-order chi connectivity index (χ1) is 11.9. The maximum Gasteiger partial charge on any atom is 0.432 e. The SMILES string of the molecule is CC(C)(C)OC(=O)N1CCCC1C(=O)OC(C(F)(F)F)C(F)(F)S(=O)(=O)O. The van der Waals surface area contributed by atoms with Crippen LogP contribution >= 0.6 is 0 Å². The number of ether oxygens (including phenoxy) is 2. The lowest BCUT2D eigenvalue weighted by molar-refractivity contribution is -0.260. The predicted octanol–water partition coefficient (Wildman–Crippen LogP) is 2.34. The zero-order valence-electron chi connectivity index (χ0n) is 14.4. The van der Waals surface area contributed by atoms with E-state index in [1.165, 1.54) is 20.8 Å². The monoisotopic (exact) mass is 427 g/mol. The Bertz CT molecular complexity index is 686. The van der Waals surface area contributed by atoms with E-state index in [4.69, 9.17) is 9.29 Å². The molecule has 0 aliphatic carbocycles. The second-order valence-electron chi connectivity index (χ2n) is 6.73. The summed E-state index contributed by atoms with van der Waals surface area (Å²) >= 11 is 0. The van der Waals surface area contributed by atoms with Gasteiger partial charge in [0.25, 0.3) is 6.10 Å². The van der Waals surface area contributed by atoms with Crippen LogP contribution in [0.1, 0.15) is 33.6 Å². The van der Waals surface area contributed by atoms with Crippen LogP contribution in [0, 0.1) is 0 Å². The van der Waals surface area contributed by atoms with Crippen LogP contribution in [0.25, 0.3) is 0 Å². The van der Waals surface area contributed by atoms with Crippen molar-refractivity contribution < 1.29 is 54.0 Å². The third-order valence-electron chi connectivity index (χ3n) is 3.33. The predicted molar refractivity (Wildman–Crippen MR) is 78.4 cm³/mol. The summed E-state index contributed by atoms with van der Waals surface area (Å²) in [4.78, 5) is 24.7. The van der Waals surface area contributed by atoms with Crippen molar-refractivity contribution in [3.8, 4) is 0 Å². The van der Waals surface area contributed by atoms with Gasteiger partial charge in [-0.3, -0.25) is 9.45 Å². The number of nitrogens with zero attached hydrogens (tertiary/aromatic N) is 1. The number of alkyl halides is 5. The first kappa shape index (κ1) is 23.3. The molecule has 1 aliphatic heterocycles. The van der Waals surface area contributed by atoms with Gasteiger partial charge in [0.2, 0.25) is 0 Å². The minimum atomic E-state index is -6.54. The molecule has 0 saturated carbocycles. The fourth-order valence-corrected chi connectivity index (χ4v) is 2.66. The van der Waals surface area contributed by atoms with E-state index in [9.17, 15) is 40.0 Å². The van der Waals surface area contributed by atoms with E-state index in [0.717, 1.165) is 0 Å². The van der Waals surface area contributed by atoms with Crippen molar-refractivity contribution in [2.24, 2.45) is 0 Å². The Kier molecular flexibility index (Phi) is 6.37. The van der Waals surface area contributed by atoms with Gasteiger partial charge in [-0.25, -0.2) is 9.59 Å². The third-order valence-corrected chi connectivity index (χ3v) is 4.24. The molecule has 1 fully saturated rings. The Balaban J connectivity index is 3.07. The van der Waals surface area contributed by atoms with Crippen molar-refractivity contribution in [3.63, 3.8) is 0 Å². The van der Waals surface area contributed by atoms with Gasteiger partial charge in [0, 0.05) is 6.54 Å². The summed E-state index contributed by atoms with van der Waals surface area (Å²) in [6.07, 6.45) is -11.6. The van der Waals surface area contributed by atoms with E-state index in [-0.39, 0.29) is 19.4 Å². The Labute approximate surface area is 151 Å². The van der Waals surface area contributed by atoms with Crippen molar-refractivity contribution in [2.45, 2.75) is 62.8 Å². The van der Waals surface area contributed by atoms with E-state index >= 15 is 0 Å². The number of halogens is 5. The normalized spacial score (nSPS) is 20.3. The Morgan fingerprint density at radius 1 is 1.15 bits per heavy atom. The second-order valence-corrected chi connectivity index (χ2v) is 8.22. The smallest absolute Gasteiger partial charge is 0.432 e. The van der Waals surface area contributed by atoms with Crippen LogP contribution in [0.2, 0.25) is 0 Å². The Morgan fingerprint density at radius 2 is 1.67 bits per heavy atom. The maximum atomic E-state index is 13.5. The van der Waals surface area contributed by atoms with Crippen LogP contribution in [0.5, 0.6) is 0 Å². The number of carbonyl (C=O) groups excluding carboxylic acids is 2. The molecule has 2 unspecified atom stereocenters. The first-order valence-electron chi connectivity index (χ1n) is 7.49. The van der Waals surface area contributed by atoms with Crippen LogP contribution in [0.15, 0.2) is 0 Å². The summed E-state index contributed by atoms with van der Waals surface area (Å²) in [5.41, 5.74) is -0.999. The van der Waals surface area contributed by atoms with Crippen LogP contribution < -0.4 is 0 Å². The van der Waals surface area contributed by atoms with Crippen molar-refractivity contribution in [1.29, 1.82) is 0 Å². The number of rotatable bonds is 4.